The highest BCUT2D eigenvalue weighted by Crippen LogP contribution is 2.25. The molecule has 1 aromatic rings. The maximum Gasteiger partial charge on any atom is 0.491 e. The molecule has 1 amide bonds. The van der Waals surface area contributed by atoms with Crippen LogP contribution < -0.4 is 10.8 Å². The van der Waals surface area contributed by atoms with Crippen LogP contribution >= 0.6 is 0 Å². The lowest BCUT2D eigenvalue weighted by Gasteiger charge is -2.38. The van der Waals surface area contributed by atoms with Crippen LogP contribution in [-0.2, 0) is 14.2 Å². The molecule has 1 aromatic carbocycles. The van der Waals surface area contributed by atoms with Crippen molar-refractivity contribution in [2.45, 2.75) is 45.8 Å². The topological polar surface area (TPSA) is 105 Å². The van der Waals surface area contributed by atoms with Crippen LogP contribution in [0.2, 0.25) is 0 Å². The molecule has 3 N–H and O–H groups in total. The van der Waals surface area contributed by atoms with Gasteiger partial charge < -0.3 is 24.8 Å². The van der Waals surface area contributed by atoms with Gasteiger partial charge in [-0.25, -0.2) is 4.79 Å². The molecule has 0 bridgehead atoms. The van der Waals surface area contributed by atoms with Gasteiger partial charge in [0.1, 0.15) is 0 Å². The van der Waals surface area contributed by atoms with Crippen molar-refractivity contribution in [3.05, 3.63) is 23.8 Å². The van der Waals surface area contributed by atoms with Crippen LogP contribution in [0.25, 0.3) is 0 Å². The summed E-state index contributed by atoms with van der Waals surface area (Å²) in [6.45, 7) is 7.74. The van der Waals surface area contributed by atoms with Gasteiger partial charge >= 0.3 is 13.1 Å². The number of esters is 1. The number of hydrogen-bond donors (Lipinski definition) is 3. The standard InChI is InChI=1S/C16H24BNO6/c1-10(19)18-13-9-11(7-8-12(13)14(20)23-6)17(22)24-16(4,5)15(2,3)21/h7-9,21-22H,1-6H3,(H,18,19). The lowest BCUT2D eigenvalue weighted by molar-refractivity contribution is -0.114. The zero-order chi connectivity index (χ0) is 18.7. The third kappa shape index (κ3) is 4.80. The summed E-state index contributed by atoms with van der Waals surface area (Å²) in [6.07, 6.45) is 0. The quantitative estimate of drug-likeness (QED) is 0.521. The van der Waals surface area contributed by atoms with Crippen LogP contribution in [0.5, 0.6) is 0 Å². The fourth-order valence-corrected chi connectivity index (χ4v) is 1.79. The van der Waals surface area contributed by atoms with Crippen LogP contribution in [0.1, 0.15) is 45.0 Å². The summed E-state index contributed by atoms with van der Waals surface area (Å²) in [5, 5.41) is 22.9. The molecule has 0 aromatic heterocycles. The zero-order valence-electron chi connectivity index (χ0n) is 14.8. The third-order valence-electron chi connectivity index (χ3n) is 3.92. The van der Waals surface area contributed by atoms with Crippen molar-refractivity contribution in [3.63, 3.8) is 0 Å². The molecular weight excluding hydrogens is 313 g/mol. The van der Waals surface area contributed by atoms with E-state index in [2.05, 4.69) is 10.1 Å². The number of hydrogen-bond acceptors (Lipinski definition) is 6. The van der Waals surface area contributed by atoms with E-state index in [9.17, 15) is 19.7 Å². The largest absolute Gasteiger partial charge is 0.491 e. The number of benzene rings is 1. The summed E-state index contributed by atoms with van der Waals surface area (Å²) in [5.41, 5.74) is -1.55. The number of amides is 1. The van der Waals surface area contributed by atoms with E-state index in [0.717, 1.165) is 0 Å². The summed E-state index contributed by atoms with van der Waals surface area (Å²) < 4.78 is 10.2. The fourth-order valence-electron chi connectivity index (χ4n) is 1.79. The number of aliphatic hydroxyl groups is 1. The first-order chi connectivity index (χ1) is 10.9. The molecule has 0 fully saturated rings. The predicted molar refractivity (Wildman–Crippen MR) is 91.2 cm³/mol. The number of rotatable bonds is 6. The first-order valence-electron chi connectivity index (χ1n) is 7.47. The van der Waals surface area contributed by atoms with Crippen molar-refractivity contribution in [3.8, 4) is 0 Å². The van der Waals surface area contributed by atoms with E-state index < -0.39 is 24.3 Å². The van der Waals surface area contributed by atoms with Crippen molar-refractivity contribution in [1.29, 1.82) is 0 Å². The maximum atomic E-state index is 11.8. The zero-order valence-corrected chi connectivity index (χ0v) is 14.8. The number of anilines is 1. The Labute approximate surface area is 142 Å². The van der Waals surface area contributed by atoms with Crippen LogP contribution in [-0.4, -0.2) is 47.4 Å². The highest BCUT2D eigenvalue weighted by molar-refractivity contribution is 6.60. The van der Waals surface area contributed by atoms with Crippen LogP contribution in [0.15, 0.2) is 18.2 Å². The van der Waals surface area contributed by atoms with Gasteiger partial charge in [-0.2, -0.15) is 0 Å². The van der Waals surface area contributed by atoms with Gasteiger partial charge in [-0.15, -0.1) is 0 Å². The lowest BCUT2D eigenvalue weighted by atomic mass is 9.76. The number of carbonyl (C=O) groups is 2. The number of carbonyl (C=O) groups excluding carboxylic acids is 2. The molecule has 0 aliphatic heterocycles. The molecule has 0 aliphatic carbocycles. The van der Waals surface area contributed by atoms with E-state index in [-0.39, 0.29) is 17.2 Å². The van der Waals surface area contributed by atoms with Gasteiger partial charge in [-0.3, -0.25) is 4.79 Å². The van der Waals surface area contributed by atoms with E-state index in [1.165, 1.54) is 32.2 Å². The Kier molecular flexibility index (Phi) is 6.16. The molecule has 0 aliphatic rings. The van der Waals surface area contributed by atoms with E-state index in [1.807, 2.05) is 0 Å². The predicted octanol–water partition coefficient (Wildman–Crippen LogP) is 0.685. The van der Waals surface area contributed by atoms with Crippen LogP contribution in [0.4, 0.5) is 5.69 Å². The maximum absolute atomic E-state index is 11.8. The van der Waals surface area contributed by atoms with E-state index in [1.54, 1.807) is 27.7 Å². The average molecular weight is 337 g/mol. The Balaban J connectivity index is 3.16. The molecule has 0 spiro atoms. The molecular formula is C16H24BNO6. The highest BCUT2D eigenvalue weighted by Gasteiger charge is 2.39. The second kappa shape index (κ2) is 7.33. The Morgan fingerprint density at radius 3 is 2.25 bits per heavy atom. The summed E-state index contributed by atoms with van der Waals surface area (Å²) in [7, 11) is -0.122. The number of nitrogens with one attached hydrogen (secondary N) is 1. The Hall–Kier alpha value is -1.90. The molecule has 0 heterocycles. The highest BCUT2D eigenvalue weighted by atomic mass is 16.5. The molecule has 8 heteroatoms. The van der Waals surface area contributed by atoms with E-state index in [0.29, 0.717) is 5.46 Å². The summed E-state index contributed by atoms with van der Waals surface area (Å²) in [4.78, 5) is 23.1. The summed E-state index contributed by atoms with van der Waals surface area (Å²) >= 11 is 0. The Morgan fingerprint density at radius 1 is 1.21 bits per heavy atom. The molecule has 0 atom stereocenters. The number of methoxy groups -OCH3 is 1. The van der Waals surface area contributed by atoms with Gasteiger partial charge in [0.05, 0.1) is 29.6 Å². The average Bonchev–Trinajstić information content (AvgIpc) is 2.44. The number of ether oxygens (including phenoxy) is 1. The van der Waals surface area contributed by atoms with Crippen LogP contribution in [0, 0.1) is 0 Å². The summed E-state index contributed by atoms with van der Waals surface area (Å²) in [6, 6.07) is 4.34. The van der Waals surface area contributed by atoms with Gasteiger partial charge in [-0.05, 0) is 45.3 Å². The van der Waals surface area contributed by atoms with Crippen molar-refractivity contribution in [2.24, 2.45) is 0 Å². The molecule has 0 unspecified atom stereocenters. The molecule has 0 saturated carbocycles. The lowest BCUT2D eigenvalue weighted by Crippen LogP contribution is -2.53. The molecule has 0 saturated heterocycles. The Morgan fingerprint density at radius 2 is 1.79 bits per heavy atom. The minimum Gasteiger partial charge on any atom is -0.465 e. The van der Waals surface area contributed by atoms with E-state index in [4.69, 9.17) is 4.65 Å². The second-order valence-electron chi connectivity index (χ2n) is 6.52. The van der Waals surface area contributed by atoms with Gasteiger partial charge in [0.25, 0.3) is 0 Å². The van der Waals surface area contributed by atoms with Crippen molar-refractivity contribution in [2.75, 3.05) is 12.4 Å². The molecule has 132 valence electrons. The van der Waals surface area contributed by atoms with Crippen LogP contribution in [0.3, 0.4) is 0 Å². The fraction of sp³-hybridized carbons (Fsp3) is 0.500. The molecule has 7 nitrogen and oxygen atoms in total. The first kappa shape index (κ1) is 20.2. The SMILES string of the molecule is COC(=O)c1ccc(B(O)OC(C)(C)C(C)(C)O)cc1NC(C)=O. The molecule has 0 radical (unpaired) electrons. The first-order valence-corrected chi connectivity index (χ1v) is 7.47. The van der Waals surface area contributed by atoms with Gasteiger partial charge in [0.15, 0.2) is 0 Å². The van der Waals surface area contributed by atoms with Gasteiger partial charge in [0, 0.05) is 6.92 Å². The summed E-state index contributed by atoms with van der Waals surface area (Å²) in [5.74, 6) is -0.984. The minimum atomic E-state index is -1.36. The third-order valence-corrected chi connectivity index (χ3v) is 3.92. The molecule has 1 rings (SSSR count). The second-order valence-corrected chi connectivity index (χ2v) is 6.52. The normalized spacial score (nSPS) is 11.8. The van der Waals surface area contributed by atoms with Crippen molar-refractivity contribution < 1.29 is 29.1 Å². The smallest absolute Gasteiger partial charge is 0.465 e. The van der Waals surface area contributed by atoms with Gasteiger partial charge in [0.2, 0.25) is 5.91 Å². The monoisotopic (exact) mass is 337 g/mol. The van der Waals surface area contributed by atoms with E-state index >= 15 is 0 Å². The Bertz CT molecular complexity index is 623. The van der Waals surface area contributed by atoms with Gasteiger partial charge in [-0.1, -0.05) is 6.07 Å². The van der Waals surface area contributed by atoms with Crippen molar-refractivity contribution >= 4 is 30.1 Å². The minimum absolute atomic E-state index is 0.158. The molecule has 24 heavy (non-hydrogen) atoms. The van der Waals surface area contributed by atoms with Crippen molar-refractivity contribution in [1.82, 2.24) is 0 Å².